The van der Waals surface area contributed by atoms with Crippen molar-refractivity contribution in [3.8, 4) is 0 Å². The topological polar surface area (TPSA) is 0 Å². The molecule has 0 aromatic heterocycles. The predicted octanol–water partition coefficient (Wildman–Crippen LogP) is 4.57. The molecular weight excluding hydrogens is 180 g/mol. The molecule has 0 unspecified atom stereocenters. The zero-order valence-corrected chi connectivity index (χ0v) is 10.8. The van der Waals surface area contributed by atoms with E-state index in [9.17, 15) is 0 Å². The van der Waals surface area contributed by atoms with Gasteiger partial charge in [-0.25, -0.2) is 0 Å². The summed E-state index contributed by atoms with van der Waals surface area (Å²) in [5.41, 5.74) is 3.23. The summed E-state index contributed by atoms with van der Waals surface area (Å²) in [4.78, 5) is 0. The Bertz CT molecular complexity index is 290. The Kier molecular flexibility index (Phi) is 3.96. The lowest BCUT2D eigenvalue weighted by Crippen LogP contribution is -2.15. The van der Waals surface area contributed by atoms with Crippen LogP contribution in [0.4, 0.5) is 0 Å². The van der Waals surface area contributed by atoms with Crippen LogP contribution in [0.25, 0.3) is 0 Å². The average molecular weight is 204 g/mol. The lowest BCUT2D eigenvalue weighted by atomic mass is 9.82. The van der Waals surface area contributed by atoms with Crippen molar-refractivity contribution in [3.63, 3.8) is 0 Å². The third kappa shape index (κ3) is 3.37. The number of benzene rings is 1. The standard InChI is InChI=1S/C15H24/c1-6-15(4,5)14-9-7-13(8-10-14)11-12(2)3/h7-10,12H,6,11H2,1-5H3. The minimum absolute atomic E-state index is 0.316. The minimum Gasteiger partial charge on any atom is -0.0646 e. The third-order valence-corrected chi connectivity index (χ3v) is 3.26. The van der Waals surface area contributed by atoms with Crippen molar-refractivity contribution < 1.29 is 0 Å². The Labute approximate surface area is 94.7 Å². The zero-order chi connectivity index (χ0) is 11.5. The molecule has 84 valence electrons. The first-order valence-electron chi connectivity index (χ1n) is 6.05. The molecule has 0 heterocycles. The van der Waals surface area contributed by atoms with Crippen LogP contribution in [0.3, 0.4) is 0 Å². The summed E-state index contributed by atoms with van der Waals surface area (Å²) in [5, 5.41) is 0. The van der Waals surface area contributed by atoms with E-state index < -0.39 is 0 Å². The van der Waals surface area contributed by atoms with Crippen LogP contribution in [0, 0.1) is 5.92 Å². The largest absolute Gasteiger partial charge is 0.0646 e. The summed E-state index contributed by atoms with van der Waals surface area (Å²) in [6.07, 6.45) is 2.38. The van der Waals surface area contributed by atoms with E-state index >= 15 is 0 Å². The molecule has 0 heteroatoms. The van der Waals surface area contributed by atoms with Crippen LogP contribution in [0.1, 0.15) is 52.2 Å². The lowest BCUT2D eigenvalue weighted by Gasteiger charge is -2.23. The van der Waals surface area contributed by atoms with E-state index in [4.69, 9.17) is 0 Å². The summed E-state index contributed by atoms with van der Waals surface area (Å²) < 4.78 is 0. The summed E-state index contributed by atoms with van der Waals surface area (Å²) in [6.45, 7) is 11.4. The van der Waals surface area contributed by atoms with Crippen LogP contribution >= 0.6 is 0 Å². The highest BCUT2D eigenvalue weighted by Crippen LogP contribution is 2.26. The smallest absolute Gasteiger partial charge is 0.0106 e. The van der Waals surface area contributed by atoms with Crippen LogP contribution in [0.5, 0.6) is 0 Å². The van der Waals surface area contributed by atoms with Crippen molar-refractivity contribution in [1.82, 2.24) is 0 Å². The second kappa shape index (κ2) is 4.83. The van der Waals surface area contributed by atoms with Crippen molar-refractivity contribution in [2.24, 2.45) is 5.92 Å². The first kappa shape index (κ1) is 12.3. The maximum Gasteiger partial charge on any atom is -0.0106 e. The third-order valence-electron chi connectivity index (χ3n) is 3.26. The molecule has 1 aromatic rings. The van der Waals surface area contributed by atoms with Gasteiger partial charge in [0.1, 0.15) is 0 Å². The van der Waals surface area contributed by atoms with Gasteiger partial charge in [0.15, 0.2) is 0 Å². The van der Waals surface area contributed by atoms with Crippen LogP contribution < -0.4 is 0 Å². The second-order valence-corrected chi connectivity index (χ2v) is 5.53. The molecule has 0 nitrogen and oxygen atoms in total. The van der Waals surface area contributed by atoms with Crippen molar-refractivity contribution in [3.05, 3.63) is 35.4 Å². The number of hydrogen-bond acceptors (Lipinski definition) is 0. The highest BCUT2D eigenvalue weighted by atomic mass is 14.2. The van der Waals surface area contributed by atoms with Crippen LogP contribution in [0.2, 0.25) is 0 Å². The van der Waals surface area contributed by atoms with Gasteiger partial charge in [0, 0.05) is 0 Å². The molecule has 0 aliphatic rings. The molecule has 0 saturated carbocycles. The highest BCUT2D eigenvalue weighted by Gasteiger charge is 2.17. The van der Waals surface area contributed by atoms with Gasteiger partial charge in [-0.05, 0) is 35.3 Å². The summed E-state index contributed by atoms with van der Waals surface area (Å²) in [7, 11) is 0. The maximum atomic E-state index is 2.31. The first-order chi connectivity index (χ1) is 6.95. The van der Waals surface area contributed by atoms with E-state index in [2.05, 4.69) is 58.9 Å². The fourth-order valence-corrected chi connectivity index (χ4v) is 1.77. The molecule has 0 spiro atoms. The van der Waals surface area contributed by atoms with Gasteiger partial charge in [-0.1, -0.05) is 58.9 Å². The highest BCUT2D eigenvalue weighted by molar-refractivity contribution is 5.28. The van der Waals surface area contributed by atoms with Gasteiger partial charge in [0.05, 0.1) is 0 Å². The SMILES string of the molecule is CCC(C)(C)c1ccc(CC(C)C)cc1. The molecule has 15 heavy (non-hydrogen) atoms. The Balaban J connectivity index is 2.81. The normalized spacial score (nSPS) is 12.1. The predicted molar refractivity (Wildman–Crippen MR) is 68.3 cm³/mol. The number of rotatable bonds is 4. The fourth-order valence-electron chi connectivity index (χ4n) is 1.77. The quantitative estimate of drug-likeness (QED) is 0.674. The Morgan fingerprint density at radius 2 is 1.60 bits per heavy atom. The van der Waals surface area contributed by atoms with Gasteiger partial charge in [-0.2, -0.15) is 0 Å². The molecule has 0 aliphatic heterocycles. The first-order valence-corrected chi connectivity index (χ1v) is 6.05. The average Bonchev–Trinajstić information content (AvgIpc) is 2.18. The molecule has 1 aromatic carbocycles. The van der Waals surface area contributed by atoms with Gasteiger partial charge < -0.3 is 0 Å². The van der Waals surface area contributed by atoms with Crippen molar-refractivity contribution in [2.75, 3.05) is 0 Å². The molecule has 0 aliphatic carbocycles. The van der Waals surface area contributed by atoms with Crippen LogP contribution in [-0.4, -0.2) is 0 Å². The van der Waals surface area contributed by atoms with Crippen molar-refractivity contribution in [1.29, 1.82) is 0 Å². The van der Waals surface area contributed by atoms with E-state index in [0.29, 0.717) is 5.41 Å². The van der Waals surface area contributed by atoms with E-state index in [1.807, 2.05) is 0 Å². The molecule has 0 atom stereocenters. The van der Waals surface area contributed by atoms with Gasteiger partial charge in [-0.3, -0.25) is 0 Å². The van der Waals surface area contributed by atoms with E-state index in [1.165, 1.54) is 24.0 Å². The molecule has 0 radical (unpaired) electrons. The molecule has 0 N–H and O–H groups in total. The Morgan fingerprint density at radius 3 is 2.00 bits per heavy atom. The molecule has 0 bridgehead atoms. The Morgan fingerprint density at radius 1 is 1.07 bits per heavy atom. The van der Waals surface area contributed by atoms with E-state index in [1.54, 1.807) is 0 Å². The monoisotopic (exact) mass is 204 g/mol. The summed E-state index contributed by atoms with van der Waals surface area (Å²) in [5.74, 6) is 0.745. The van der Waals surface area contributed by atoms with Gasteiger partial charge in [-0.15, -0.1) is 0 Å². The molecule has 0 fully saturated rings. The van der Waals surface area contributed by atoms with Gasteiger partial charge in [0.2, 0.25) is 0 Å². The fraction of sp³-hybridized carbons (Fsp3) is 0.600. The van der Waals surface area contributed by atoms with E-state index in [0.717, 1.165) is 5.92 Å². The van der Waals surface area contributed by atoms with Gasteiger partial charge >= 0.3 is 0 Å². The van der Waals surface area contributed by atoms with Crippen LogP contribution in [0.15, 0.2) is 24.3 Å². The molecule has 0 saturated heterocycles. The molecule has 0 amide bonds. The summed E-state index contributed by atoms with van der Waals surface area (Å²) in [6, 6.07) is 9.15. The lowest BCUT2D eigenvalue weighted by molar-refractivity contribution is 0.506. The Hall–Kier alpha value is -0.780. The van der Waals surface area contributed by atoms with E-state index in [-0.39, 0.29) is 0 Å². The zero-order valence-electron chi connectivity index (χ0n) is 10.8. The minimum atomic E-state index is 0.316. The number of hydrogen-bond donors (Lipinski definition) is 0. The van der Waals surface area contributed by atoms with Crippen molar-refractivity contribution in [2.45, 2.75) is 52.9 Å². The van der Waals surface area contributed by atoms with Crippen molar-refractivity contribution >= 4 is 0 Å². The summed E-state index contributed by atoms with van der Waals surface area (Å²) >= 11 is 0. The second-order valence-electron chi connectivity index (χ2n) is 5.53. The maximum absolute atomic E-state index is 2.31. The molecular formula is C15H24. The molecule has 1 rings (SSSR count). The van der Waals surface area contributed by atoms with Crippen LogP contribution in [-0.2, 0) is 11.8 Å². The van der Waals surface area contributed by atoms with Gasteiger partial charge in [0.25, 0.3) is 0 Å².